The molecular weight excluding hydrogens is 733 g/mol. The van der Waals surface area contributed by atoms with Crippen LogP contribution >= 0.6 is 46.6 Å². The van der Waals surface area contributed by atoms with Gasteiger partial charge in [0.15, 0.2) is 0 Å². The first kappa shape index (κ1) is 39.7. The Morgan fingerprint density at radius 1 is 1.02 bits per heavy atom. The number of aromatic nitrogens is 1. The minimum absolute atomic E-state index is 0.0462. The number of thioether (sulfide) groups is 3. The smallest absolute Gasteiger partial charge is 0.262 e. The molecule has 1 N–H and O–H groups in total. The van der Waals surface area contributed by atoms with Crippen LogP contribution in [0.1, 0.15) is 24.4 Å². The van der Waals surface area contributed by atoms with Gasteiger partial charge in [-0.25, -0.2) is 8.42 Å². The minimum Gasteiger partial charge on any atom is -0.744 e. The Bertz CT molecular complexity index is 1990. The number of benzene rings is 3. The number of aliphatic hydroxyl groups excluding tert-OH is 1. The summed E-state index contributed by atoms with van der Waals surface area (Å²) in [6.45, 7) is 7.97. The Morgan fingerprint density at radius 2 is 1.68 bits per heavy atom. The van der Waals surface area contributed by atoms with Crippen molar-refractivity contribution in [3.05, 3.63) is 88.1 Å². The predicted octanol–water partition coefficient (Wildman–Crippen LogP) is 7.95. The number of hydrogen-bond acceptors (Lipinski definition) is 12. The summed E-state index contributed by atoms with van der Waals surface area (Å²) in [5.74, 6) is 2.47. The van der Waals surface area contributed by atoms with E-state index in [1.54, 1.807) is 73.0 Å². The molecule has 0 unspecified atom stereocenters. The number of nitrogens with zero attached hydrogens (tertiary/aromatic N) is 2. The lowest BCUT2D eigenvalue weighted by molar-refractivity contribution is -0.665. The van der Waals surface area contributed by atoms with Crippen LogP contribution in [0.2, 0.25) is 0 Å². The van der Waals surface area contributed by atoms with Crippen molar-refractivity contribution < 1.29 is 36.9 Å². The molecule has 4 aromatic rings. The lowest BCUT2D eigenvalue weighted by atomic mass is 10.2. The molecule has 9 nitrogen and oxygen atoms in total. The van der Waals surface area contributed by atoms with E-state index in [1.807, 2.05) is 19.1 Å². The van der Waals surface area contributed by atoms with Crippen molar-refractivity contribution in [3.8, 4) is 11.5 Å². The average molecular weight is 775 g/mol. The number of aliphatic hydroxyl groups is 1. The van der Waals surface area contributed by atoms with Crippen molar-refractivity contribution in [2.24, 2.45) is 0 Å². The number of hydrogen-bond donors (Lipinski definition) is 1. The van der Waals surface area contributed by atoms with Crippen LogP contribution in [0, 0.1) is 6.92 Å². The summed E-state index contributed by atoms with van der Waals surface area (Å²) in [5, 5.41) is 11.7. The Labute approximate surface area is 311 Å². The highest BCUT2D eigenvalue weighted by atomic mass is 32.2. The van der Waals surface area contributed by atoms with Crippen LogP contribution in [-0.2, 0) is 21.4 Å². The van der Waals surface area contributed by atoms with Gasteiger partial charge >= 0.3 is 0 Å². The molecule has 14 heteroatoms. The fraction of sp³-hybridized carbons (Fsp3) is 0.306. The van der Waals surface area contributed by atoms with E-state index in [-0.39, 0.29) is 18.1 Å². The molecule has 0 spiro atoms. The van der Waals surface area contributed by atoms with Crippen molar-refractivity contribution >= 4 is 78.7 Å². The van der Waals surface area contributed by atoms with Crippen LogP contribution in [0.4, 0.5) is 5.69 Å². The van der Waals surface area contributed by atoms with E-state index in [9.17, 15) is 18.1 Å². The molecule has 0 radical (unpaired) electrons. The molecule has 1 aliphatic rings. The summed E-state index contributed by atoms with van der Waals surface area (Å²) in [6.07, 6.45) is 12.3. The lowest BCUT2D eigenvalue weighted by Crippen LogP contribution is -2.33. The quantitative estimate of drug-likeness (QED) is 0.0470. The largest absolute Gasteiger partial charge is 0.744 e. The summed E-state index contributed by atoms with van der Waals surface area (Å²) in [7, 11) is -0.838. The maximum Gasteiger partial charge on any atom is 0.262 e. The summed E-state index contributed by atoms with van der Waals surface area (Å²) in [6, 6.07) is 14.4. The number of anilines is 1. The Kier molecular flexibility index (Phi) is 14.6. The second kappa shape index (κ2) is 18.4. The van der Waals surface area contributed by atoms with E-state index in [0.717, 1.165) is 61.2 Å². The molecule has 268 valence electrons. The molecule has 3 aromatic carbocycles. The molecule has 0 aliphatic carbocycles. The number of methoxy groups -OCH3 is 2. The number of allylic oxidation sites excluding steroid dienone is 3. The van der Waals surface area contributed by atoms with Crippen LogP contribution in [-0.4, -0.2) is 64.6 Å². The van der Waals surface area contributed by atoms with E-state index in [4.69, 9.17) is 14.2 Å². The van der Waals surface area contributed by atoms with Crippen molar-refractivity contribution in [2.75, 3.05) is 51.4 Å². The van der Waals surface area contributed by atoms with Crippen molar-refractivity contribution in [1.29, 1.82) is 0 Å². The van der Waals surface area contributed by atoms with E-state index in [1.165, 1.54) is 21.7 Å². The Hall–Kier alpha value is -3.11. The first-order valence-corrected chi connectivity index (χ1v) is 21.2. The van der Waals surface area contributed by atoms with Gasteiger partial charge in [-0.2, -0.15) is 4.57 Å². The molecule has 1 aliphatic heterocycles. The van der Waals surface area contributed by atoms with Gasteiger partial charge in [0.25, 0.3) is 5.01 Å². The molecule has 5 rings (SSSR count). The highest BCUT2D eigenvalue weighted by Gasteiger charge is 2.26. The second-order valence-corrected chi connectivity index (χ2v) is 15.8. The van der Waals surface area contributed by atoms with Gasteiger partial charge in [-0.05, 0) is 75.8 Å². The maximum atomic E-state index is 10.4. The minimum atomic E-state index is -4.27. The zero-order chi connectivity index (χ0) is 36.4. The van der Waals surface area contributed by atoms with Gasteiger partial charge in [-0.15, -0.1) is 23.5 Å². The summed E-state index contributed by atoms with van der Waals surface area (Å²) in [4.78, 5) is 5.57. The molecule has 0 amide bonds. The normalized spacial score (nSPS) is 13.9. The predicted molar refractivity (Wildman–Crippen MR) is 207 cm³/mol. The van der Waals surface area contributed by atoms with Gasteiger partial charge in [0.1, 0.15) is 45.2 Å². The summed E-state index contributed by atoms with van der Waals surface area (Å²) >= 11 is 6.86. The topological polar surface area (TPSA) is 112 Å². The molecule has 2 heterocycles. The molecule has 50 heavy (non-hydrogen) atoms. The van der Waals surface area contributed by atoms with Crippen LogP contribution in [0.25, 0.3) is 16.3 Å². The molecule has 0 bridgehead atoms. The highest BCUT2D eigenvalue weighted by Crippen LogP contribution is 2.49. The van der Waals surface area contributed by atoms with Crippen LogP contribution < -0.4 is 18.9 Å². The molecule has 0 fully saturated rings. The zero-order valence-corrected chi connectivity index (χ0v) is 33.2. The number of fused-ring (bicyclic) bond motifs is 2. The molecule has 1 aromatic heterocycles. The maximum absolute atomic E-state index is 10.4. The van der Waals surface area contributed by atoms with Gasteiger partial charge in [0, 0.05) is 23.6 Å². The first-order chi connectivity index (χ1) is 24.0. The third-order valence-corrected chi connectivity index (χ3v) is 12.1. The molecular formula is C36H42N2O7S5. The number of ether oxygens (including phenoxy) is 3. The van der Waals surface area contributed by atoms with Gasteiger partial charge < -0.3 is 28.8 Å². The lowest BCUT2D eigenvalue weighted by Gasteiger charge is -2.19. The standard InChI is InChI=1S/C29H35N2O4S4.C7H8O3S/c1-7-30-20-15-22(33-3)26(36-5)17-24(20)38-28(30)11-9-19(35-14-13-32)10-12-29-31(8-2)21-16-23(34-4)27(37-6)18-25(21)39-29;1-6-2-4-7(5-3-6)11(8,9)10/h9-12,15-18,32H,7-8,13-14H2,1-6H3;2-5H,1H3,(H,8,9,10)/q+1;/p-1. The third-order valence-electron chi connectivity index (χ3n) is 7.56. The first-order valence-electron chi connectivity index (χ1n) is 15.7. The number of aryl methyl sites for hydroxylation is 2. The van der Waals surface area contributed by atoms with Crippen molar-refractivity contribution in [3.63, 3.8) is 0 Å². The van der Waals surface area contributed by atoms with E-state index < -0.39 is 10.1 Å². The van der Waals surface area contributed by atoms with Gasteiger partial charge in [0.05, 0.1) is 52.3 Å². The summed E-state index contributed by atoms with van der Waals surface area (Å²) < 4.78 is 51.8. The fourth-order valence-corrected chi connectivity index (χ4v) is 9.16. The van der Waals surface area contributed by atoms with Crippen molar-refractivity contribution in [2.45, 2.75) is 46.9 Å². The number of thiazole rings is 1. The second-order valence-electron chi connectivity index (χ2n) is 10.6. The average Bonchev–Trinajstić information content (AvgIpc) is 3.65. The Morgan fingerprint density at radius 3 is 2.26 bits per heavy atom. The number of rotatable bonds is 13. The van der Waals surface area contributed by atoms with E-state index >= 15 is 0 Å². The fourth-order valence-electron chi connectivity index (χ4n) is 5.08. The molecule has 0 saturated carbocycles. The van der Waals surface area contributed by atoms with Crippen LogP contribution in [0.3, 0.4) is 0 Å². The van der Waals surface area contributed by atoms with Crippen molar-refractivity contribution in [1.82, 2.24) is 0 Å². The van der Waals surface area contributed by atoms with Gasteiger partial charge in [0.2, 0.25) is 5.52 Å². The van der Waals surface area contributed by atoms with Crippen LogP contribution in [0.15, 0.2) is 97.1 Å². The van der Waals surface area contributed by atoms with Gasteiger partial charge in [-0.1, -0.05) is 40.8 Å². The monoisotopic (exact) mass is 774 g/mol. The van der Waals surface area contributed by atoms with E-state index in [0.29, 0.717) is 5.76 Å². The Balaban J connectivity index is 0.000000435. The molecule has 0 atom stereocenters. The summed E-state index contributed by atoms with van der Waals surface area (Å²) in [5.41, 5.74) is 3.23. The zero-order valence-electron chi connectivity index (χ0n) is 29.1. The van der Waals surface area contributed by atoms with Gasteiger partial charge in [-0.3, -0.25) is 0 Å². The molecule has 0 saturated heterocycles. The van der Waals surface area contributed by atoms with Crippen LogP contribution in [0.5, 0.6) is 11.5 Å². The highest BCUT2D eigenvalue weighted by molar-refractivity contribution is 8.03. The van der Waals surface area contributed by atoms with E-state index in [2.05, 4.69) is 72.2 Å². The third kappa shape index (κ3) is 9.60. The SMILES string of the molecule is CCN1\C(=C/C=C(\C=C/c2sc3cc(SC)c(OC)cc3[n+]2CC)OCCO)Sc2cc(SC)c(OC)cc21.Cc1ccc(S(=O)(=O)[O-])cc1.